The van der Waals surface area contributed by atoms with Gasteiger partial charge in [0.2, 0.25) is 0 Å². The first-order valence-electron chi connectivity index (χ1n) is 5.57. The number of phenols is 1. The molecule has 0 aliphatic rings. The maximum absolute atomic E-state index is 10.9. The van der Waals surface area contributed by atoms with E-state index in [0.717, 1.165) is 24.0 Å². The van der Waals surface area contributed by atoms with Crippen molar-refractivity contribution in [3.05, 3.63) is 41.5 Å². The molecule has 1 N–H and O–H groups in total. The topological polar surface area (TPSA) is 37.3 Å². The first-order valence-corrected chi connectivity index (χ1v) is 5.57. The van der Waals surface area contributed by atoms with E-state index in [2.05, 4.69) is 13.5 Å². The summed E-state index contributed by atoms with van der Waals surface area (Å²) in [7, 11) is 0. The Balaban J connectivity index is 3.28. The zero-order valence-electron chi connectivity index (χ0n) is 9.86. The number of carbonyl (C=O) groups excluding carboxylic acids is 1. The van der Waals surface area contributed by atoms with Crippen LogP contribution in [0.25, 0.3) is 0 Å². The van der Waals surface area contributed by atoms with Crippen molar-refractivity contribution in [3.63, 3.8) is 0 Å². The van der Waals surface area contributed by atoms with E-state index in [0.29, 0.717) is 11.8 Å². The molecule has 0 aromatic heterocycles. The van der Waals surface area contributed by atoms with E-state index in [-0.39, 0.29) is 11.7 Å². The van der Waals surface area contributed by atoms with E-state index in [1.807, 2.05) is 13.0 Å². The molecule has 2 heteroatoms. The van der Waals surface area contributed by atoms with Gasteiger partial charge in [0, 0.05) is 11.5 Å². The molecule has 1 atom stereocenters. The van der Waals surface area contributed by atoms with Gasteiger partial charge in [0.1, 0.15) is 5.75 Å². The summed E-state index contributed by atoms with van der Waals surface area (Å²) < 4.78 is 0. The average Bonchev–Trinajstić information content (AvgIpc) is 2.30. The minimum absolute atomic E-state index is 0.0514. The van der Waals surface area contributed by atoms with Gasteiger partial charge in [-0.25, -0.2) is 0 Å². The van der Waals surface area contributed by atoms with Crippen LogP contribution >= 0.6 is 0 Å². The largest absolute Gasteiger partial charge is 0.507 e. The molecule has 1 aromatic carbocycles. The molecular weight excluding hydrogens is 200 g/mol. The van der Waals surface area contributed by atoms with E-state index >= 15 is 0 Å². The molecule has 0 saturated carbocycles. The SMILES string of the molecule is C=CC(C)c1cc(CCC)cc(C=O)c1O. The fourth-order valence-electron chi connectivity index (χ4n) is 1.74. The monoisotopic (exact) mass is 218 g/mol. The molecule has 1 aromatic rings. The molecule has 0 saturated heterocycles. The third-order valence-electron chi connectivity index (χ3n) is 2.74. The Hall–Kier alpha value is -1.57. The van der Waals surface area contributed by atoms with E-state index in [9.17, 15) is 9.90 Å². The lowest BCUT2D eigenvalue weighted by Gasteiger charge is -2.13. The van der Waals surface area contributed by atoms with Crippen LogP contribution in [-0.2, 0) is 6.42 Å². The molecule has 0 spiro atoms. The quantitative estimate of drug-likeness (QED) is 0.607. The Labute approximate surface area is 96.6 Å². The molecule has 2 nitrogen and oxygen atoms in total. The van der Waals surface area contributed by atoms with Crippen LogP contribution in [0.2, 0.25) is 0 Å². The normalized spacial score (nSPS) is 12.1. The van der Waals surface area contributed by atoms with Gasteiger partial charge in [-0.05, 0) is 18.1 Å². The maximum atomic E-state index is 10.9. The van der Waals surface area contributed by atoms with Crippen molar-refractivity contribution in [2.45, 2.75) is 32.6 Å². The van der Waals surface area contributed by atoms with Crippen molar-refractivity contribution in [1.29, 1.82) is 0 Å². The first kappa shape index (κ1) is 12.5. The Kier molecular flexibility index (Phi) is 4.29. The van der Waals surface area contributed by atoms with E-state index in [1.54, 1.807) is 12.1 Å². The van der Waals surface area contributed by atoms with Gasteiger partial charge in [0.15, 0.2) is 6.29 Å². The van der Waals surface area contributed by atoms with Crippen LogP contribution in [0.3, 0.4) is 0 Å². The van der Waals surface area contributed by atoms with Gasteiger partial charge in [-0.1, -0.05) is 32.4 Å². The van der Waals surface area contributed by atoms with Crippen molar-refractivity contribution < 1.29 is 9.90 Å². The lowest BCUT2D eigenvalue weighted by molar-refractivity contribution is 0.112. The number of phenolic OH excluding ortho intramolecular Hbond substituents is 1. The lowest BCUT2D eigenvalue weighted by atomic mass is 9.94. The summed E-state index contributed by atoms with van der Waals surface area (Å²) in [6.07, 6.45) is 4.40. The summed E-state index contributed by atoms with van der Waals surface area (Å²) >= 11 is 0. The van der Waals surface area contributed by atoms with Gasteiger partial charge >= 0.3 is 0 Å². The standard InChI is InChI=1S/C14H18O2/c1-4-6-11-7-12(9-15)14(16)13(8-11)10(3)5-2/h5,7-10,16H,2,4,6H2,1,3H3. The van der Waals surface area contributed by atoms with Crippen molar-refractivity contribution >= 4 is 6.29 Å². The van der Waals surface area contributed by atoms with Crippen LogP contribution in [-0.4, -0.2) is 11.4 Å². The number of allylic oxidation sites excluding steroid dienone is 1. The number of benzene rings is 1. The van der Waals surface area contributed by atoms with Gasteiger partial charge in [0.05, 0.1) is 5.56 Å². The number of aryl methyl sites for hydroxylation is 1. The highest BCUT2D eigenvalue weighted by atomic mass is 16.3. The number of hydrogen-bond acceptors (Lipinski definition) is 2. The molecule has 0 aliphatic carbocycles. The van der Waals surface area contributed by atoms with Crippen molar-refractivity contribution in [3.8, 4) is 5.75 Å². The molecule has 0 radical (unpaired) electrons. The Morgan fingerprint density at radius 3 is 2.69 bits per heavy atom. The summed E-state index contributed by atoms with van der Waals surface area (Å²) in [5.41, 5.74) is 2.24. The molecule has 0 fully saturated rings. The first-order chi connectivity index (χ1) is 7.63. The second-order valence-corrected chi connectivity index (χ2v) is 4.02. The number of rotatable bonds is 5. The van der Waals surface area contributed by atoms with Crippen LogP contribution in [0, 0.1) is 0 Å². The van der Waals surface area contributed by atoms with Gasteiger partial charge in [0.25, 0.3) is 0 Å². The van der Waals surface area contributed by atoms with Crippen molar-refractivity contribution in [2.24, 2.45) is 0 Å². The van der Waals surface area contributed by atoms with Gasteiger partial charge in [-0.15, -0.1) is 6.58 Å². The van der Waals surface area contributed by atoms with Crippen LogP contribution < -0.4 is 0 Å². The van der Waals surface area contributed by atoms with Gasteiger partial charge < -0.3 is 5.11 Å². The molecule has 1 unspecified atom stereocenters. The number of carbonyl (C=O) groups is 1. The number of aldehydes is 1. The fourth-order valence-corrected chi connectivity index (χ4v) is 1.74. The van der Waals surface area contributed by atoms with E-state index in [4.69, 9.17) is 0 Å². The van der Waals surface area contributed by atoms with Crippen molar-refractivity contribution in [1.82, 2.24) is 0 Å². The van der Waals surface area contributed by atoms with Gasteiger partial charge in [-0.3, -0.25) is 4.79 Å². The third kappa shape index (κ3) is 2.51. The van der Waals surface area contributed by atoms with Crippen LogP contribution in [0.4, 0.5) is 0 Å². The van der Waals surface area contributed by atoms with Gasteiger partial charge in [-0.2, -0.15) is 0 Å². The van der Waals surface area contributed by atoms with E-state index < -0.39 is 0 Å². The van der Waals surface area contributed by atoms with Crippen LogP contribution in [0.15, 0.2) is 24.8 Å². The van der Waals surface area contributed by atoms with E-state index in [1.165, 1.54) is 0 Å². The minimum atomic E-state index is 0.0514. The fraction of sp³-hybridized carbons (Fsp3) is 0.357. The lowest BCUT2D eigenvalue weighted by Crippen LogP contribution is -1.97. The Bertz CT molecular complexity index is 394. The Morgan fingerprint density at radius 1 is 1.50 bits per heavy atom. The molecule has 86 valence electrons. The Morgan fingerprint density at radius 2 is 2.19 bits per heavy atom. The predicted octanol–water partition coefficient (Wildman–Crippen LogP) is 3.45. The molecular formula is C14H18O2. The summed E-state index contributed by atoms with van der Waals surface area (Å²) in [5.74, 6) is 0.137. The third-order valence-corrected chi connectivity index (χ3v) is 2.74. The summed E-state index contributed by atoms with van der Waals surface area (Å²) in [5, 5.41) is 9.90. The second-order valence-electron chi connectivity index (χ2n) is 4.02. The smallest absolute Gasteiger partial charge is 0.153 e. The molecule has 16 heavy (non-hydrogen) atoms. The molecule has 1 rings (SSSR count). The average molecular weight is 218 g/mol. The summed E-state index contributed by atoms with van der Waals surface area (Å²) in [6, 6.07) is 3.71. The predicted molar refractivity (Wildman–Crippen MR) is 66.1 cm³/mol. The number of aromatic hydroxyl groups is 1. The molecule has 0 bridgehead atoms. The second kappa shape index (κ2) is 5.50. The van der Waals surface area contributed by atoms with Crippen molar-refractivity contribution in [2.75, 3.05) is 0 Å². The van der Waals surface area contributed by atoms with Crippen LogP contribution in [0.5, 0.6) is 5.75 Å². The summed E-state index contributed by atoms with van der Waals surface area (Å²) in [6.45, 7) is 7.75. The highest BCUT2D eigenvalue weighted by Crippen LogP contribution is 2.30. The minimum Gasteiger partial charge on any atom is -0.507 e. The van der Waals surface area contributed by atoms with Crippen LogP contribution in [0.1, 0.15) is 47.7 Å². The summed E-state index contributed by atoms with van der Waals surface area (Å²) in [4.78, 5) is 10.9. The molecule has 0 amide bonds. The number of hydrogen-bond donors (Lipinski definition) is 1. The molecule has 0 heterocycles. The zero-order valence-corrected chi connectivity index (χ0v) is 9.86. The highest BCUT2D eigenvalue weighted by molar-refractivity contribution is 5.80. The highest BCUT2D eigenvalue weighted by Gasteiger charge is 2.12. The maximum Gasteiger partial charge on any atom is 0.153 e. The molecule has 0 aliphatic heterocycles. The zero-order chi connectivity index (χ0) is 12.1.